The van der Waals surface area contributed by atoms with Crippen molar-refractivity contribution in [3.8, 4) is 0 Å². The van der Waals surface area contributed by atoms with Crippen molar-refractivity contribution in [2.24, 2.45) is 5.92 Å². The van der Waals surface area contributed by atoms with Gasteiger partial charge in [0.2, 0.25) is 5.91 Å². The van der Waals surface area contributed by atoms with Crippen molar-refractivity contribution in [1.29, 1.82) is 0 Å². The van der Waals surface area contributed by atoms with Gasteiger partial charge in [0.05, 0.1) is 18.1 Å². The molecular formula is C17H20N2O5. The van der Waals surface area contributed by atoms with Gasteiger partial charge in [0, 0.05) is 11.3 Å². The first-order chi connectivity index (χ1) is 11.4. The van der Waals surface area contributed by atoms with E-state index < -0.39 is 17.9 Å². The quantitative estimate of drug-likeness (QED) is 0.756. The van der Waals surface area contributed by atoms with Gasteiger partial charge in [0.1, 0.15) is 6.04 Å². The zero-order valence-corrected chi connectivity index (χ0v) is 13.3. The molecule has 0 aliphatic carbocycles. The first-order valence-corrected chi connectivity index (χ1v) is 8.04. The van der Waals surface area contributed by atoms with Gasteiger partial charge in [0.15, 0.2) is 0 Å². The largest absolute Gasteiger partial charge is 0.480 e. The lowest BCUT2D eigenvalue weighted by Crippen LogP contribution is -2.38. The molecule has 2 fully saturated rings. The molecule has 3 N–H and O–H groups in total. The molecule has 1 aromatic rings. The summed E-state index contributed by atoms with van der Waals surface area (Å²) in [5.41, 5.74) is 0.940. The molecule has 0 spiro atoms. The molecule has 4 atom stereocenters. The Bertz CT molecular complexity index is 657. The van der Waals surface area contributed by atoms with Crippen LogP contribution in [0.15, 0.2) is 24.3 Å². The maximum absolute atomic E-state index is 12.3. The monoisotopic (exact) mass is 332 g/mol. The predicted octanol–water partition coefficient (Wildman–Crippen LogP) is 1.40. The standard InChI is InChI=1S/C17H20N2O5/c1-9(17(22)23)18-15(20)10-2-4-11(5-3-10)19-16(21)13-8-12-6-7-14(13)24-12/h2-5,9,12-14H,6-8H2,1H3,(H,18,20)(H,19,21)(H,22,23)/t9-,12+,13+,14+/m0/s1. The van der Waals surface area contributed by atoms with Crippen LogP contribution in [0.3, 0.4) is 0 Å². The Morgan fingerprint density at radius 1 is 1.21 bits per heavy atom. The van der Waals surface area contributed by atoms with Crippen LogP contribution >= 0.6 is 0 Å². The third-order valence-corrected chi connectivity index (χ3v) is 4.58. The molecule has 24 heavy (non-hydrogen) atoms. The summed E-state index contributed by atoms with van der Waals surface area (Å²) in [6.07, 6.45) is 2.98. The summed E-state index contributed by atoms with van der Waals surface area (Å²) in [4.78, 5) is 35.0. The number of rotatable bonds is 5. The number of hydrogen-bond donors (Lipinski definition) is 3. The molecule has 2 saturated heterocycles. The minimum atomic E-state index is -1.10. The van der Waals surface area contributed by atoms with Gasteiger partial charge in [0.25, 0.3) is 5.91 Å². The molecule has 2 heterocycles. The van der Waals surface area contributed by atoms with Crippen LogP contribution in [0.5, 0.6) is 0 Å². The van der Waals surface area contributed by atoms with Crippen molar-refractivity contribution in [1.82, 2.24) is 5.32 Å². The maximum Gasteiger partial charge on any atom is 0.325 e. The second-order valence-corrected chi connectivity index (χ2v) is 6.32. The summed E-state index contributed by atoms with van der Waals surface area (Å²) in [5.74, 6) is -1.73. The molecule has 2 aliphatic heterocycles. The number of carbonyl (C=O) groups is 3. The SMILES string of the molecule is C[C@H](NC(=O)c1ccc(NC(=O)[C@@H]2C[C@H]3CC[C@H]2O3)cc1)C(=O)O. The summed E-state index contributed by atoms with van der Waals surface area (Å²) >= 11 is 0. The summed E-state index contributed by atoms with van der Waals surface area (Å²) < 4.78 is 5.69. The highest BCUT2D eigenvalue weighted by molar-refractivity contribution is 5.98. The molecule has 3 rings (SSSR count). The molecule has 1 aromatic carbocycles. The number of hydrogen-bond acceptors (Lipinski definition) is 4. The van der Waals surface area contributed by atoms with Crippen LogP contribution < -0.4 is 10.6 Å². The molecule has 0 saturated carbocycles. The molecule has 0 unspecified atom stereocenters. The van der Waals surface area contributed by atoms with E-state index in [1.54, 1.807) is 24.3 Å². The molecule has 7 heteroatoms. The first-order valence-electron chi connectivity index (χ1n) is 8.04. The van der Waals surface area contributed by atoms with Gasteiger partial charge in [-0.25, -0.2) is 0 Å². The first kappa shape index (κ1) is 16.4. The smallest absolute Gasteiger partial charge is 0.325 e. The van der Waals surface area contributed by atoms with Crippen LogP contribution in [0.4, 0.5) is 5.69 Å². The fourth-order valence-electron chi connectivity index (χ4n) is 3.20. The Morgan fingerprint density at radius 2 is 1.92 bits per heavy atom. The Balaban J connectivity index is 1.57. The Labute approximate surface area is 139 Å². The minimum Gasteiger partial charge on any atom is -0.480 e. The van der Waals surface area contributed by atoms with Crippen LogP contribution in [0.2, 0.25) is 0 Å². The number of nitrogens with one attached hydrogen (secondary N) is 2. The summed E-state index contributed by atoms with van der Waals surface area (Å²) in [6, 6.07) is 5.40. The van der Waals surface area contributed by atoms with Crippen LogP contribution in [0.1, 0.15) is 36.5 Å². The zero-order chi connectivity index (χ0) is 17.3. The zero-order valence-electron chi connectivity index (χ0n) is 13.3. The number of carboxylic acid groups (broad SMARTS) is 1. The fourth-order valence-corrected chi connectivity index (χ4v) is 3.20. The Morgan fingerprint density at radius 3 is 2.46 bits per heavy atom. The molecule has 2 aliphatic rings. The number of amides is 2. The van der Waals surface area contributed by atoms with Gasteiger partial charge in [-0.15, -0.1) is 0 Å². The van der Waals surface area contributed by atoms with Crippen LogP contribution in [0, 0.1) is 5.92 Å². The van der Waals surface area contributed by atoms with Crippen molar-refractivity contribution >= 4 is 23.5 Å². The number of anilines is 1. The number of benzene rings is 1. The highest BCUT2D eigenvalue weighted by atomic mass is 16.5. The number of carbonyl (C=O) groups excluding carboxylic acids is 2. The number of ether oxygens (including phenoxy) is 1. The Kier molecular flexibility index (Phi) is 4.53. The maximum atomic E-state index is 12.3. The normalized spacial score (nSPS) is 26.0. The second kappa shape index (κ2) is 6.60. The van der Waals surface area contributed by atoms with Crippen LogP contribution in [0.25, 0.3) is 0 Å². The van der Waals surface area contributed by atoms with Crippen molar-refractivity contribution in [2.45, 2.75) is 44.4 Å². The lowest BCUT2D eigenvalue weighted by Gasteiger charge is -2.18. The van der Waals surface area contributed by atoms with E-state index in [1.807, 2.05) is 0 Å². The minimum absolute atomic E-state index is 0.0255. The van der Waals surface area contributed by atoms with Crippen molar-refractivity contribution < 1.29 is 24.2 Å². The predicted molar refractivity (Wildman–Crippen MR) is 85.6 cm³/mol. The fraction of sp³-hybridized carbons (Fsp3) is 0.471. The third-order valence-electron chi connectivity index (χ3n) is 4.58. The lowest BCUT2D eigenvalue weighted by atomic mass is 9.88. The Hall–Kier alpha value is -2.41. The van der Waals surface area contributed by atoms with Gasteiger partial charge in [-0.2, -0.15) is 0 Å². The molecule has 128 valence electrons. The van der Waals surface area contributed by atoms with Gasteiger partial charge < -0.3 is 20.5 Å². The van der Waals surface area contributed by atoms with E-state index in [4.69, 9.17) is 9.84 Å². The molecule has 2 bridgehead atoms. The highest BCUT2D eigenvalue weighted by Gasteiger charge is 2.44. The average molecular weight is 332 g/mol. The van der Waals surface area contributed by atoms with Crippen molar-refractivity contribution in [2.75, 3.05) is 5.32 Å². The topological polar surface area (TPSA) is 105 Å². The summed E-state index contributed by atoms with van der Waals surface area (Å²) in [6.45, 7) is 1.40. The number of carboxylic acids is 1. The van der Waals surface area contributed by atoms with Crippen LogP contribution in [-0.4, -0.2) is 41.1 Å². The van der Waals surface area contributed by atoms with E-state index in [1.165, 1.54) is 6.92 Å². The number of fused-ring (bicyclic) bond motifs is 2. The molecule has 7 nitrogen and oxygen atoms in total. The second-order valence-electron chi connectivity index (χ2n) is 6.32. The van der Waals surface area contributed by atoms with E-state index in [2.05, 4.69) is 10.6 Å². The molecule has 0 aromatic heterocycles. The molecule has 2 amide bonds. The van der Waals surface area contributed by atoms with Crippen molar-refractivity contribution in [3.05, 3.63) is 29.8 Å². The van der Waals surface area contributed by atoms with E-state index in [0.717, 1.165) is 19.3 Å². The average Bonchev–Trinajstić information content (AvgIpc) is 3.18. The highest BCUT2D eigenvalue weighted by Crippen LogP contribution is 2.39. The third kappa shape index (κ3) is 3.41. The molecule has 0 radical (unpaired) electrons. The van der Waals surface area contributed by atoms with Gasteiger partial charge in [-0.1, -0.05) is 0 Å². The van der Waals surface area contributed by atoms with E-state index in [9.17, 15) is 14.4 Å². The molecular weight excluding hydrogens is 312 g/mol. The van der Waals surface area contributed by atoms with E-state index in [0.29, 0.717) is 11.3 Å². The summed E-state index contributed by atoms with van der Waals surface area (Å²) in [7, 11) is 0. The summed E-state index contributed by atoms with van der Waals surface area (Å²) in [5, 5.41) is 14.0. The van der Waals surface area contributed by atoms with Crippen molar-refractivity contribution in [3.63, 3.8) is 0 Å². The lowest BCUT2D eigenvalue weighted by molar-refractivity contribution is -0.138. The van der Waals surface area contributed by atoms with E-state index >= 15 is 0 Å². The van der Waals surface area contributed by atoms with Gasteiger partial charge in [-0.05, 0) is 50.5 Å². The van der Waals surface area contributed by atoms with Crippen LogP contribution in [-0.2, 0) is 14.3 Å². The van der Waals surface area contributed by atoms with Gasteiger partial charge >= 0.3 is 5.97 Å². The van der Waals surface area contributed by atoms with Gasteiger partial charge in [-0.3, -0.25) is 14.4 Å². The van der Waals surface area contributed by atoms with E-state index in [-0.39, 0.29) is 24.0 Å². The number of aliphatic carboxylic acids is 1.